The summed E-state index contributed by atoms with van der Waals surface area (Å²) in [5.41, 5.74) is 2.49. The van der Waals surface area contributed by atoms with Crippen molar-refractivity contribution in [2.45, 2.75) is 45.6 Å². The Labute approximate surface area is 177 Å². The number of benzene rings is 2. The SMILES string of the molecule is CC1(C)Oc2cc(C(C)(C)C)ccc2N(c2cccc(N3CC(C(=O)O)C3)c2)C1=O. The van der Waals surface area contributed by atoms with E-state index in [2.05, 4.69) is 20.8 Å². The molecule has 2 aromatic carbocycles. The zero-order valence-corrected chi connectivity index (χ0v) is 18.1. The van der Waals surface area contributed by atoms with Crippen molar-refractivity contribution in [3.63, 3.8) is 0 Å². The Balaban J connectivity index is 1.73. The summed E-state index contributed by atoms with van der Waals surface area (Å²) >= 11 is 0. The van der Waals surface area contributed by atoms with Crippen molar-refractivity contribution >= 4 is 28.9 Å². The number of amides is 1. The molecule has 30 heavy (non-hydrogen) atoms. The largest absolute Gasteiger partial charge is 0.481 e. The number of carboxylic acids is 1. The van der Waals surface area contributed by atoms with Gasteiger partial charge in [-0.25, -0.2) is 0 Å². The van der Waals surface area contributed by atoms with Crippen molar-refractivity contribution in [3.05, 3.63) is 48.0 Å². The van der Waals surface area contributed by atoms with Crippen LogP contribution in [-0.4, -0.2) is 35.7 Å². The Morgan fingerprint density at radius 3 is 2.40 bits per heavy atom. The maximum absolute atomic E-state index is 13.3. The van der Waals surface area contributed by atoms with Gasteiger partial charge in [-0.2, -0.15) is 0 Å². The van der Waals surface area contributed by atoms with Crippen molar-refractivity contribution in [3.8, 4) is 5.75 Å². The zero-order chi connectivity index (χ0) is 21.8. The Bertz CT molecular complexity index is 1020. The quantitative estimate of drug-likeness (QED) is 0.818. The van der Waals surface area contributed by atoms with Gasteiger partial charge in [0.15, 0.2) is 5.60 Å². The molecule has 158 valence electrons. The number of rotatable bonds is 3. The predicted octanol–water partition coefficient (Wildman–Crippen LogP) is 4.34. The molecule has 0 saturated carbocycles. The predicted molar refractivity (Wildman–Crippen MR) is 117 cm³/mol. The molecule has 0 radical (unpaired) electrons. The highest BCUT2D eigenvalue weighted by Gasteiger charge is 2.42. The van der Waals surface area contributed by atoms with Gasteiger partial charge >= 0.3 is 5.97 Å². The monoisotopic (exact) mass is 408 g/mol. The van der Waals surface area contributed by atoms with Gasteiger partial charge in [-0.15, -0.1) is 0 Å². The molecule has 6 heteroatoms. The molecule has 1 fully saturated rings. The first-order chi connectivity index (χ1) is 14.0. The molecule has 0 unspecified atom stereocenters. The number of nitrogens with zero attached hydrogens (tertiary/aromatic N) is 2. The van der Waals surface area contributed by atoms with Crippen LogP contribution in [0, 0.1) is 5.92 Å². The number of hydrogen-bond acceptors (Lipinski definition) is 4. The number of carbonyl (C=O) groups excluding carboxylic acids is 1. The fourth-order valence-corrected chi connectivity index (χ4v) is 3.88. The lowest BCUT2D eigenvalue weighted by atomic mass is 9.86. The van der Waals surface area contributed by atoms with E-state index < -0.39 is 11.6 Å². The molecule has 0 atom stereocenters. The van der Waals surface area contributed by atoms with Crippen molar-refractivity contribution in [2.24, 2.45) is 5.92 Å². The number of anilines is 3. The zero-order valence-electron chi connectivity index (χ0n) is 18.1. The average Bonchev–Trinajstić information content (AvgIpc) is 2.60. The summed E-state index contributed by atoms with van der Waals surface area (Å²) < 4.78 is 6.10. The van der Waals surface area contributed by atoms with Gasteiger partial charge in [0.1, 0.15) is 5.75 Å². The maximum atomic E-state index is 13.3. The number of carboxylic acid groups (broad SMARTS) is 1. The second-order valence-corrected chi connectivity index (χ2v) is 9.65. The summed E-state index contributed by atoms with van der Waals surface area (Å²) in [5, 5.41) is 9.14. The third-order valence-electron chi connectivity index (χ3n) is 5.83. The van der Waals surface area contributed by atoms with Crippen LogP contribution in [-0.2, 0) is 15.0 Å². The Morgan fingerprint density at radius 2 is 1.77 bits per heavy atom. The molecule has 2 aliphatic rings. The lowest BCUT2D eigenvalue weighted by molar-refractivity contribution is -0.142. The molecule has 0 aliphatic carbocycles. The molecule has 0 bridgehead atoms. The van der Waals surface area contributed by atoms with E-state index in [1.54, 1.807) is 18.7 Å². The molecule has 4 rings (SSSR count). The number of ether oxygens (including phenoxy) is 1. The topological polar surface area (TPSA) is 70.1 Å². The number of aliphatic carboxylic acids is 1. The van der Waals surface area contributed by atoms with Gasteiger partial charge in [-0.3, -0.25) is 14.5 Å². The molecule has 1 N–H and O–H groups in total. The summed E-state index contributed by atoms with van der Waals surface area (Å²) in [5.74, 6) is -0.555. The van der Waals surface area contributed by atoms with E-state index in [1.165, 1.54) is 0 Å². The third kappa shape index (κ3) is 3.40. The van der Waals surface area contributed by atoms with Crippen LogP contribution in [0.3, 0.4) is 0 Å². The second kappa shape index (κ2) is 6.76. The van der Waals surface area contributed by atoms with Crippen LogP contribution in [0.1, 0.15) is 40.2 Å². The minimum atomic E-state index is -0.995. The number of fused-ring (bicyclic) bond motifs is 1. The van der Waals surface area contributed by atoms with E-state index in [-0.39, 0.29) is 17.2 Å². The standard InChI is InChI=1S/C24H28N2O4/c1-23(2,3)16-9-10-19-20(11-16)30-24(4,5)22(29)26(19)18-8-6-7-17(12-18)25-13-15(14-25)21(27)28/h6-12,15H,13-14H2,1-5H3,(H,27,28). The van der Waals surface area contributed by atoms with Gasteiger partial charge in [0.05, 0.1) is 17.3 Å². The van der Waals surface area contributed by atoms with E-state index in [0.29, 0.717) is 18.8 Å². The molecule has 6 nitrogen and oxygen atoms in total. The Hall–Kier alpha value is -3.02. The molecule has 1 amide bonds. The molecule has 2 heterocycles. The van der Waals surface area contributed by atoms with Gasteiger partial charge in [0.25, 0.3) is 5.91 Å². The van der Waals surface area contributed by atoms with E-state index in [4.69, 9.17) is 9.84 Å². The van der Waals surface area contributed by atoms with Crippen LogP contribution in [0.5, 0.6) is 5.75 Å². The highest BCUT2D eigenvalue weighted by molar-refractivity contribution is 6.08. The second-order valence-electron chi connectivity index (χ2n) is 9.65. The van der Waals surface area contributed by atoms with E-state index in [1.807, 2.05) is 47.4 Å². The molecular formula is C24H28N2O4. The summed E-state index contributed by atoms with van der Waals surface area (Å²) in [6.45, 7) is 11.0. The fourth-order valence-electron chi connectivity index (χ4n) is 3.88. The summed E-state index contributed by atoms with van der Waals surface area (Å²) in [6, 6.07) is 13.7. The van der Waals surface area contributed by atoms with Crippen LogP contribution in [0.4, 0.5) is 17.1 Å². The first-order valence-corrected chi connectivity index (χ1v) is 10.2. The van der Waals surface area contributed by atoms with Crippen molar-refractivity contribution < 1.29 is 19.4 Å². The highest BCUT2D eigenvalue weighted by Crippen LogP contribution is 2.44. The molecular weight excluding hydrogens is 380 g/mol. The minimum absolute atomic E-state index is 0.0348. The van der Waals surface area contributed by atoms with Gasteiger partial charge in [0, 0.05) is 18.8 Å². The molecule has 0 spiro atoms. The Morgan fingerprint density at radius 1 is 1.10 bits per heavy atom. The van der Waals surface area contributed by atoms with Crippen LogP contribution in [0.25, 0.3) is 0 Å². The third-order valence-corrected chi connectivity index (χ3v) is 5.83. The first kappa shape index (κ1) is 20.3. The minimum Gasteiger partial charge on any atom is -0.481 e. The van der Waals surface area contributed by atoms with Crippen LogP contribution in [0.2, 0.25) is 0 Å². The first-order valence-electron chi connectivity index (χ1n) is 10.2. The van der Waals surface area contributed by atoms with Crippen molar-refractivity contribution in [2.75, 3.05) is 22.9 Å². The van der Waals surface area contributed by atoms with E-state index in [0.717, 1.165) is 22.6 Å². The van der Waals surface area contributed by atoms with Gasteiger partial charge in [-0.05, 0) is 55.2 Å². The molecule has 1 saturated heterocycles. The van der Waals surface area contributed by atoms with Gasteiger partial charge < -0.3 is 14.7 Å². The van der Waals surface area contributed by atoms with Gasteiger partial charge in [-0.1, -0.05) is 32.9 Å². The fraction of sp³-hybridized carbons (Fsp3) is 0.417. The van der Waals surface area contributed by atoms with Crippen LogP contribution >= 0.6 is 0 Å². The van der Waals surface area contributed by atoms with Gasteiger partial charge in [0.2, 0.25) is 0 Å². The summed E-state index contributed by atoms with van der Waals surface area (Å²) in [4.78, 5) is 28.2. The highest BCUT2D eigenvalue weighted by atomic mass is 16.5. The normalized spacial score (nSPS) is 18.5. The smallest absolute Gasteiger partial charge is 0.310 e. The maximum Gasteiger partial charge on any atom is 0.310 e. The van der Waals surface area contributed by atoms with Crippen LogP contribution in [0.15, 0.2) is 42.5 Å². The molecule has 2 aliphatic heterocycles. The van der Waals surface area contributed by atoms with E-state index in [9.17, 15) is 9.59 Å². The number of hydrogen-bond donors (Lipinski definition) is 1. The van der Waals surface area contributed by atoms with Crippen LogP contribution < -0.4 is 14.5 Å². The summed E-state index contributed by atoms with van der Waals surface area (Å²) in [6.07, 6.45) is 0. The molecule has 2 aromatic rings. The van der Waals surface area contributed by atoms with Crippen molar-refractivity contribution in [1.82, 2.24) is 0 Å². The lowest BCUT2D eigenvalue weighted by Gasteiger charge is -2.41. The summed E-state index contributed by atoms with van der Waals surface area (Å²) in [7, 11) is 0. The lowest BCUT2D eigenvalue weighted by Crippen LogP contribution is -2.51. The van der Waals surface area contributed by atoms with Crippen molar-refractivity contribution in [1.29, 1.82) is 0 Å². The number of carbonyl (C=O) groups is 2. The Kier molecular flexibility index (Phi) is 4.56. The average molecular weight is 408 g/mol. The molecule has 0 aromatic heterocycles. The van der Waals surface area contributed by atoms with E-state index >= 15 is 0 Å².